The van der Waals surface area contributed by atoms with Crippen LogP contribution in [0.1, 0.15) is 158 Å². The molecule has 0 aromatic heterocycles. The van der Waals surface area contributed by atoms with Crippen molar-refractivity contribution >= 4 is 101 Å². The summed E-state index contributed by atoms with van der Waals surface area (Å²) in [5.74, 6) is -14.8. The minimum absolute atomic E-state index is 0.0407. The van der Waals surface area contributed by atoms with Crippen molar-refractivity contribution < 1.29 is 86.9 Å². The average molecular weight is 1390 g/mol. The van der Waals surface area contributed by atoms with E-state index in [1.807, 2.05) is 0 Å². The Kier molecular flexibility index (Phi) is 41.2. The number of aliphatic imine (C=N–C) groups is 1. The van der Waals surface area contributed by atoms with Crippen molar-refractivity contribution in [2.45, 2.75) is 231 Å². The van der Waals surface area contributed by atoms with Gasteiger partial charge < -0.3 is 90.6 Å². The molecule has 0 radical (unpaired) electrons. The lowest BCUT2D eigenvalue weighted by Crippen LogP contribution is -2.66. The number of rotatable bonds is 46. The minimum atomic E-state index is -1.81. The predicted molar refractivity (Wildman–Crippen MR) is 356 cm³/mol. The van der Waals surface area contributed by atoms with Gasteiger partial charge in [0.2, 0.25) is 53.2 Å². The van der Waals surface area contributed by atoms with Crippen LogP contribution in [0.5, 0.6) is 0 Å². The largest absolute Gasteiger partial charge is 0.481 e. The Labute approximate surface area is 570 Å². The topological polar surface area (TPSA) is 592 Å². The molecule has 23 N–H and O–H groups in total. The molecule has 98 heavy (non-hydrogen) atoms. The van der Waals surface area contributed by atoms with Crippen LogP contribution in [0.2, 0.25) is 0 Å². The van der Waals surface area contributed by atoms with E-state index in [9.17, 15) is 86.9 Å². The maximum atomic E-state index is 14.8. The van der Waals surface area contributed by atoms with Crippen LogP contribution >= 0.6 is 0 Å². The summed E-state index contributed by atoms with van der Waals surface area (Å²) in [6.45, 7) is 12.3. The summed E-state index contributed by atoms with van der Waals surface area (Å²) < 4.78 is 0. The summed E-state index contributed by atoms with van der Waals surface area (Å²) in [6.07, 6.45) is -1.05. The summed E-state index contributed by atoms with van der Waals surface area (Å²) in [4.78, 5) is 219. The number of aliphatic carboxylic acids is 2. The smallest absolute Gasteiger partial charge is 0.303 e. The zero-order chi connectivity index (χ0) is 74.4. The van der Waals surface area contributed by atoms with Gasteiger partial charge in [-0.1, -0.05) is 60.1 Å². The van der Waals surface area contributed by atoms with Gasteiger partial charge in [0.25, 0.3) is 5.91 Å². The normalized spacial score (nSPS) is 17.8. The van der Waals surface area contributed by atoms with Crippen LogP contribution in [0.3, 0.4) is 0 Å². The van der Waals surface area contributed by atoms with Gasteiger partial charge in [0.1, 0.15) is 48.8 Å². The average Bonchev–Trinajstić information content (AvgIpc) is 0.951. The van der Waals surface area contributed by atoms with E-state index >= 15 is 0 Å². The van der Waals surface area contributed by atoms with Crippen LogP contribution in [0.25, 0.3) is 0 Å². The second kappa shape index (κ2) is 46.4. The summed E-state index contributed by atoms with van der Waals surface area (Å²) in [6, 6.07) is -15.7. The van der Waals surface area contributed by atoms with Crippen LogP contribution in [-0.2, 0) is 76.7 Å². The Morgan fingerprint density at radius 3 is 1.71 bits per heavy atom. The number of allylic oxidation sites excluding steroid dienone is 1. The SMILES string of the molecule is CC[C@H](C)[C@H](NNC(=O)[C@H](N[C@@H](C)C=O)N1CC=CCCC(=O)N[C@@H](C)C(=O)C[C@@H](N[C@H](C=O)CCC(=O)O)C1=O)C(=O)N[C@@H](CCCCN)C(=O)N[C@@H](CCC(=O)O)C(=O)N[C@@H](CC(C)C)C(=O)N[C@@H](CCCN=C(N)N)C(=O)N[C@@H](CC(N)=O)C(=O)N[C@@H](CC(C)C)C(=O)CN. The van der Waals surface area contributed by atoms with Crippen LogP contribution in [-0.4, -0.2) is 215 Å². The molecule has 0 fully saturated rings. The van der Waals surface area contributed by atoms with Gasteiger partial charge in [-0.25, -0.2) is 5.43 Å². The van der Waals surface area contributed by atoms with Crippen molar-refractivity contribution in [3.8, 4) is 0 Å². The van der Waals surface area contributed by atoms with Gasteiger partial charge in [-0.3, -0.25) is 88.2 Å². The number of primary amides is 1. The molecule has 0 unspecified atom stereocenters. The number of hydrogen-bond donors (Lipinski definition) is 18. The Bertz CT molecular complexity index is 2780. The molecule has 0 spiro atoms. The fraction of sp³-hybridized carbons (Fsp3) is 0.694. The van der Waals surface area contributed by atoms with E-state index < -0.39 is 206 Å². The zero-order valence-corrected chi connectivity index (χ0v) is 57.3. The number of hydrogen-bond acceptors (Lipinski definition) is 22. The van der Waals surface area contributed by atoms with Gasteiger partial charge in [0.05, 0.1) is 43.2 Å². The molecular formula is C62H106N18O18. The monoisotopic (exact) mass is 1390 g/mol. The molecule has 0 aliphatic carbocycles. The third-order valence-corrected chi connectivity index (χ3v) is 15.6. The standard InChI is InChI=1S/C62H106N18O18/c1-9-35(6)52(78-79-60(97)53(69-36(7)31-81)80-25-14-10-11-18-49(86)70-37(8)46(83)28-45(61(80)98)71-38(32-82)19-21-50(87)88)59(96)74-39(16-12-13-23-63)54(91)73-41(20-22-51(89)90)56(93)76-43(27-34(4)5)57(94)72-40(17-15-24-68-62(66)67)55(92)77-44(29-48(65)85)58(95)75-42(26-33(2)3)47(84)30-64/h10,14,31-45,52-53,69,71,78H,9,11-13,15-30,63-64H2,1-8H3,(H2,65,85)(H,70,86)(H,72,94)(H,73,91)(H,74,96)(H,75,95)(H,76,93)(H,77,92)(H,79,97)(H,87,88)(H,89,90)(H4,66,67,68)/t35-,36-,37-,38-,39-,40-,41-,42-,43-,44-,45+,52-,53+/m0/s1. The molecular weight excluding hydrogens is 1280 g/mol. The van der Waals surface area contributed by atoms with Crippen molar-refractivity contribution in [1.82, 2.24) is 63.6 Å². The fourth-order valence-electron chi connectivity index (χ4n) is 9.97. The summed E-state index contributed by atoms with van der Waals surface area (Å²) in [7, 11) is 0. The van der Waals surface area contributed by atoms with Crippen LogP contribution in [0, 0.1) is 17.8 Å². The Morgan fingerprint density at radius 2 is 1.18 bits per heavy atom. The van der Waals surface area contributed by atoms with Gasteiger partial charge in [-0.15, -0.1) is 0 Å². The second-order valence-electron chi connectivity index (χ2n) is 25.0. The van der Waals surface area contributed by atoms with E-state index in [-0.39, 0.29) is 95.1 Å². The molecule has 1 aliphatic rings. The number of amides is 10. The second-order valence-corrected chi connectivity index (χ2v) is 25.0. The molecule has 0 saturated carbocycles. The van der Waals surface area contributed by atoms with Crippen molar-refractivity contribution in [3.63, 3.8) is 0 Å². The number of carbonyl (C=O) groups excluding carboxylic acids is 14. The Hall–Kier alpha value is -8.87. The predicted octanol–water partition coefficient (Wildman–Crippen LogP) is -4.99. The van der Waals surface area contributed by atoms with Crippen molar-refractivity contribution in [2.24, 2.45) is 51.4 Å². The molecule has 0 aromatic rings. The number of nitrogens with two attached hydrogens (primary N) is 5. The fourth-order valence-corrected chi connectivity index (χ4v) is 9.97. The lowest BCUT2D eigenvalue weighted by atomic mass is 9.98. The highest BCUT2D eigenvalue weighted by Gasteiger charge is 2.40. The number of nitrogens with zero attached hydrogens (tertiary/aromatic N) is 2. The number of hydrazine groups is 1. The Balaban J connectivity index is 3.83. The van der Waals surface area contributed by atoms with E-state index in [0.29, 0.717) is 19.0 Å². The molecule has 10 amide bonds. The first-order chi connectivity index (χ1) is 46.1. The maximum Gasteiger partial charge on any atom is 0.303 e. The third kappa shape index (κ3) is 33.9. The number of ketones is 2. The minimum Gasteiger partial charge on any atom is -0.481 e. The molecule has 1 rings (SSSR count). The molecule has 0 bridgehead atoms. The van der Waals surface area contributed by atoms with Crippen molar-refractivity contribution in [3.05, 3.63) is 12.2 Å². The van der Waals surface area contributed by atoms with Crippen molar-refractivity contribution in [2.75, 3.05) is 26.2 Å². The Morgan fingerprint density at radius 1 is 0.663 bits per heavy atom. The quantitative estimate of drug-likeness (QED) is 0.00678. The molecule has 36 heteroatoms. The van der Waals surface area contributed by atoms with Crippen LogP contribution in [0.4, 0.5) is 0 Å². The lowest BCUT2D eigenvalue weighted by Gasteiger charge is -2.35. The number of carboxylic acid groups (broad SMARTS) is 2. The number of carboxylic acids is 2. The maximum absolute atomic E-state index is 14.8. The van der Waals surface area contributed by atoms with E-state index in [2.05, 4.69) is 63.7 Å². The first kappa shape index (κ1) is 87.1. The first-order valence-electron chi connectivity index (χ1n) is 32.9. The molecule has 13 atom stereocenters. The molecule has 1 aliphatic heterocycles. The number of aldehydes is 2. The first-order valence-corrected chi connectivity index (χ1v) is 32.9. The molecule has 0 saturated heterocycles. The van der Waals surface area contributed by atoms with Gasteiger partial charge in [-0.2, -0.15) is 0 Å². The molecule has 36 nitrogen and oxygen atoms in total. The summed E-state index contributed by atoms with van der Waals surface area (Å²) in [5, 5.41) is 42.4. The third-order valence-electron chi connectivity index (χ3n) is 15.6. The molecule has 0 aromatic carbocycles. The number of unbranched alkanes of at least 4 members (excludes halogenated alkanes) is 1. The molecule has 552 valence electrons. The van der Waals surface area contributed by atoms with E-state index in [0.717, 1.165) is 4.90 Å². The number of Topliss-reactive ketones (excluding diaryl/α,β-unsaturated/α-hetero) is 2. The summed E-state index contributed by atoms with van der Waals surface area (Å²) in [5.41, 5.74) is 33.0. The van der Waals surface area contributed by atoms with E-state index in [4.69, 9.17) is 28.7 Å². The van der Waals surface area contributed by atoms with Crippen molar-refractivity contribution in [1.29, 1.82) is 0 Å². The molecule has 1 heterocycles. The van der Waals surface area contributed by atoms with E-state index in [1.54, 1.807) is 41.5 Å². The lowest BCUT2D eigenvalue weighted by molar-refractivity contribution is -0.145. The number of carbonyl (C=O) groups is 16. The van der Waals surface area contributed by atoms with E-state index in [1.165, 1.54) is 26.0 Å². The zero-order valence-electron chi connectivity index (χ0n) is 57.3. The van der Waals surface area contributed by atoms with Gasteiger partial charge in [0, 0.05) is 38.8 Å². The van der Waals surface area contributed by atoms with Crippen LogP contribution < -0.4 is 87.4 Å². The van der Waals surface area contributed by atoms with Gasteiger partial charge in [-0.05, 0) is 102 Å². The van der Waals surface area contributed by atoms with Gasteiger partial charge >= 0.3 is 11.9 Å². The number of nitrogens with one attached hydrogen (secondary N) is 11. The highest BCUT2D eigenvalue weighted by molar-refractivity contribution is 6.00. The number of guanidine groups is 1. The summed E-state index contributed by atoms with van der Waals surface area (Å²) >= 11 is 0. The highest BCUT2D eigenvalue weighted by Crippen LogP contribution is 2.16. The highest BCUT2D eigenvalue weighted by atomic mass is 16.4. The van der Waals surface area contributed by atoms with Crippen LogP contribution in [0.15, 0.2) is 17.1 Å². The van der Waals surface area contributed by atoms with Gasteiger partial charge in [0.15, 0.2) is 23.7 Å².